The van der Waals surface area contributed by atoms with Crippen LogP contribution in [0.25, 0.3) is 110 Å². The molecule has 4 heteroatoms. The molecule has 9 aromatic carbocycles. The Balaban J connectivity index is 0.906. The highest BCUT2D eigenvalue weighted by molar-refractivity contribution is 7.25. The molecule has 61 heavy (non-hydrogen) atoms. The average molecular weight is 796 g/mol. The number of thiophene rings is 1. The van der Waals surface area contributed by atoms with E-state index in [1.54, 1.807) is 0 Å². The van der Waals surface area contributed by atoms with E-state index >= 15 is 0 Å². The van der Waals surface area contributed by atoms with Crippen molar-refractivity contribution in [3.63, 3.8) is 0 Å². The number of hydrogen-bond acceptors (Lipinski definition) is 4. The molecule has 3 nitrogen and oxygen atoms in total. The van der Waals surface area contributed by atoms with Crippen LogP contribution in [0.1, 0.15) is 0 Å². The number of nitrogens with zero attached hydrogens (tertiary/aromatic N) is 3. The maximum Gasteiger partial charge on any atom is 0.164 e. The Bertz CT molecular complexity index is 3320. The molecule has 0 unspecified atom stereocenters. The van der Waals surface area contributed by atoms with Crippen LogP contribution in [0.2, 0.25) is 0 Å². The van der Waals surface area contributed by atoms with Crippen molar-refractivity contribution in [3.05, 3.63) is 224 Å². The van der Waals surface area contributed by atoms with Crippen LogP contribution in [0.5, 0.6) is 0 Å². The summed E-state index contributed by atoms with van der Waals surface area (Å²) in [6, 6.07) is 79.3. The Morgan fingerprint density at radius 2 is 0.656 bits per heavy atom. The van der Waals surface area contributed by atoms with Crippen molar-refractivity contribution in [2.24, 2.45) is 0 Å². The van der Waals surface area contributed by atoms with E-state index in [2.05, 4.69) is 206 Å². The van der Waals surface area contributed by atoms with Crippen LogP contribution in [0.15, 0.2) is 224 Å². The predicted molar refractivity (Wildman–Crippen MR) is 256 cm³/mol. The van der Waals surface area contributed by atoms with Crippen LogP contribution in [0.3, 0.4) is 0 Å². The number of aromatic nitrogens is 3. The fraction of sp³-hybridized carbons (Fsp3) is 0. The number of fused-ring (bicyclic) bond motifs is 3. The van der Waals surface area contributed by atoms with Crippen molar-refractivity contribution < 1.29 is 0 Å². The third kappa shape index (κ3) is 7.09. The Hall–Kier alpha value is -7.79. The summed E-state index contributed by atoms with van der Waals surface area (Å²) in [7, 11) is 0. The van der Waals surface area contributed by atoms with E-state index in [0.29, 0.717) is 17.5 Å². The van der Waals surface area contributed by atoms with Crippen LogP contribution in [0.4, 0.5) is 0 Å². The highest BCUT2D eigenvalue weighted by Crippen LogP contribution is 2.40. The van der Waals surface area contributed by atoms with Gasteiger partial charge in [-0.1, -0.05) is 206 Å². The van der Waals surface area contributed by atoms with Crippen molar-refractivity contribution >= 4 is 31.5 Å². The van der Waals surface area contributed by atoms with Gasteiger partial charge < -0.3 is 0 Å². The lowest BCUT2D eigenvalue weighted by Crippen LogP contribution is -2.01. The first-order valence-corrected chi connectivity index (χ1v) is 21.3. The molecule has 0 aliphatic heterocycles. The van der Waals surface area contributed by atoms with Crippen LogP contribution in [0, 0.1) is 0 Å². The van der Waals surface area contributed by atoms with Crippen molar-refractivity contribution in [2.45, 2.75) is 0 Å². The second kappa shape index (κ2) is 15.8. The number of hydrogen-bond donors (Lipinski definition) is 0. The van der Waals surface area contributed by atoms with Gasteiger partial charge in [0.25, 0.3) is 0 Å². The maximum atomic E-state index is 5.14. The molecule has 0 aliphatic carbocycles. The van der Waals surface area contributed by atoms with E-state index in [0.717, 1.165) is 50.1 Å². The molecule has 0 saturated carbocycles. The Labute approximate surface area is 359 Å². The molecular formula is C57H37N3S. The van der Waals surface area contributed by atoms with Gasteiger partial charge in [-0.2, -0.15) is 0 Å². The summed E-state index contributed by atoms with van der Waals surface area (Å²) in [5.74, 6) is 1.89. The van der Waals surface area contributed by atoms with Crippen molar-refractivity contribution in [1.82, 2.24) is 15.0 Å². The topological polar surface area (TPSA) is 38.7 Å². The lowest BCUT2D eigenvalue weighted by molar-refractivity contribution is 1.07. The van der Waals surface area contributed by atoms with E-state index in [1.807, 2.05) is 29.5 Å². The molecule has 11 rings (SSSR count). The standard InChI is InChI=1S/C57H37N3S/c1-3-13-38(14-4-1)46-17-11-18-47(37-46)56-58-55(59-57(60-56)50-20-8-7-19-48(50)43-15-5-2-6-16-43)45-35-31-42(32-36-45)40-27-25-39(26-28-40)41-29-33-44(34-30-41)49-22-12-24-53-54(49)51-21-9-10-23-52(51)61-53/h1-37H. The zero-order valence-corrected chi connectivity index (χ0v) is 33.9. The molecule has 0 amide bonds. The van der Waals surface area contributed by atoms with Crippen LogP contribution in [-0.2, 0) is 0 Å². The Morgan fingerprint density at radius 3 is 1.33 bits per heavy atom. The zero-order chi connectivity index (χ0) is 40.5. The summed E-state index contributed by atoms with van der Waals surface area (Å²) in [5, 5.41) is 2.66. The molecule has 2 aromatic heterocycles. The van der Waals surface area contributed by atoms with Crippen molar-refractivity contribution in [3.8, 4) is 89.8 Å². The summed E-state index contributed by atoms with van der Waals surface area (Å²) in [4.78, 5) is 15.4. The fourth-order valence-corrected chi connectivity index (χ4v) is 9.43. The van der Waals surface area contributed by atoms with Gasteiger partial charge in [-0.15, -0.1) is 11.3 Å². The van der Waals surface area contributed by atoms with Gasteiger partial charge in [-0.05, 0) is 73.8 Å². The lowest BCUT2D eigenvalue weighted by Gasteiger charge is -2.13. The maximum absolute atomic E-state index is 5.14. The number of rotatable bonds is 8. The molecule has 0 bridgehead atoms. The largest absolute Gasteiger partial charge is 0.208 e. The third-order valence-electron chi connectivity index (χ3n) is 11.4. The van der Waals surface area contributed by atoms with Gasteiger partial charge in [0.2, 0.25) is 0 Å². The van der Waals surface area contributed by atoms with Crippen LogP contribution < -0.4 is 0 Å². The van der Waals surface area contributed by atoms with E-state index in [4.69, 9.17) is 15.0 Å². The van der Waals surface area contributed by atoms with E-state index < -0.39 is 0 Å². The molecule has 0 N–H and O–H groups in total. The molecule has 0 radical (unpaired) electrons. The first kappa shape index (κ1) is 36.3. The predicted octanol–water partition coefficient (Wildman–Crippen LogP) is 15.6. The molecule has 0 fully saturated rings. The molecule has 0 atom stereocenters. The molecule has 11 aromatic rings. The van der Waals surface area contributed by atoms with Crippen LogP contribution >= 0.6 is 11.3 Å². The second-order valence-corrected chi connectivity index (χ2v) is 16.3. The summed E-state index contributed by atoms with van der Waals surface area (Å²) in [6.45, 7) is 0. The van der Waals surface area contributed by atoms with Gasteiger partial charge in [-0.3, -0.25) is 0 Å². The first-order chi connectivity index (χ1) is 30.2. The van der Waals surface area contributed by atoms with E-state index in [9.17, 15) is 0 Å². The Kier molecular flexibility index (Phi) is 9.38. The van der Waals surface area contributed by atoms with Gasteiger partial charge >= 0.3 is 0 Å². The van der Waals surface area contributed by atoms with E-state index in [-0.39, 0.29) is 0 Å². The average Bonchev–Trinajstić information content (AvgIpc) is 3.74. The molecule has 0 aliphatic rings. The molecular weight excluding hydrogens is 759 g/mol. The highest BCUT2D eigenvalue weighted by Gasteiger charge is 2.17. The zero-order valence-electron chi connectivity index (χ0n) is 33.1. The van der Waals surface area contributed by atoms with Crippen molar-refractivity contribution in [2.75, 3.05) is 0 Å². The smallest absolute Gasteiger partial charge is 0.164 e. The molecule has 0 spiro atoms. The number of benzene rings is 9. The minimum Gasteiger partial charge on any atom is -0.208 e. The van der Waals surface area contributed by atoms with Gasteiger partial charge in [0.05, 0.1) is 0 Å². The molecule has 0 saturated heterocycles. The first-order valence-electron chi connectivity index (χ1n) is 20.5. The minimum absolute atomic E-state index is 0.627. The van der Waals surface area contributed by atoms with Gasteiger partial charge in [0.15, 0.2) is 17.5 Å². The molecule has 286 valence electrons. The van der Waals surface area contributed by atoms with Gasteiger partial charge in [-0.25, -0.2) is 15.0 Å². The fourth-order valence-electron chi connectivity index (χ4n) is 8.29. The SMILES string of the molecule is c1ccc(-c2cccc(-c3nc(-c4ccc(-c5ccc(-c6ccc(-c7cccc8sc9ccccc9c78)cc6)cc5)cc4)nc(-c4ccccc4-c4ccccc4)n3)c2)cc1. The lowest BCUT2D eigenvalue weighted by atomic mass is 9.96. The second-order valence-electron chi connectivity index (χ2n) is 15.2. The Morgan fingerprint density at radius 1 is 0.246 bits per heavy atom. The van der Waals surface area contributed by atoms with Gasteiger partial charge in [0.1, 0.15) is 0 Å². The van der Waals surface area contributed by atoms with E-state index in [1.165, 1.54) is 42.4 Å². The monoisotopic (exact) mass is 795 g/mol. The minimum atomic E-state index is 0.627. The molecule has 2 heterocycles. The third-order valence-corrected chi connectivity index (χ3v) is 12.5. The van der Waals surface area contributed by atoms with Gasteiger partial charge in [0, 0.05) is 36.9 Å². The summed E-state index contributed by atoms with van der Waals surface area (Å²) in [6.07, 6.45) is 0. The normalized spacial score (nSPS) is 11.3. The van der Waals surface area contributed by atoms with Crippen molar-refractivity contribution in [1.29, 1.82) is 0 Å². The highest BCUT2D eigenvalue weighted by atomic mass is 32.1. The summed E-state index contributed by atoms with van der Waals surface area (Å²) in [5.41, 5.74) is 14.4. The van der Waals surface area contributed by atoms with Crippen LogP contribution in [-0.4, -0.2) is 15.0 Å². The summed E-state index contributed by atoms with van der Waals surface area (Å²) < 4.78 is 2.65. The summed E-state index contributed by atoms with van der Waals surface area (Å²) >= 11 is 1.86. The quantitative estimate of drug-likeness (QED) is 0.154.